The van der Waals surface area contributed by atoms with Gasteiger partial charge in [-0.1, -0.05) is 6.92 Å². The number of hydrogen-bond donors (Lipinski definition) is 1. The summed E-state index contributed by atoms with van der Waals surface area (Å²) in [5.41, 5.74) is 5.66. The fraction of sp³-hybridized carbons (Fsp3) is 1.00. The minimum absolute atomic E-state index is 0.133. The van der Waals surface area contributed by atoms with Crippen molar-refractivity contribution in [1.29, 1.82) is 0 Å². The zero-order valence-electron chi connectivity index (χ0n) is 12.1. The third-order valence-electron chi connectivity index (χ3n) is 4.59. The molecule has 0 aromatic carbocycles. The maximum atomic E-state index is 12.7. The van der Waals surface area contributed by atoms with Crippen LogP contribution in [0, 0.1) is 11.8 Å². The van der Waals surface area contributed by atoms with E-state index in [9.17, 15) is 8.42 Å². The number of nitrogens with two attached hydrogens (primary N) is 1. The van der Waals surface area contributed by atoms with E-state index in [0.717, 1.165) is 25.7 Å². The Hall–Kier alpha value is -0.170. The van der Waals surface area contributed by atoms with Crippen LogP contribution in [0.4, 0.5) is 0 Å². The first-order valence-electron chi connectivity index (χ1n) is 7.42. The van der Waals surface area contributed by atoms with E-state index in [4.69, 9.17) is 5.73 Å². The van der Waals surface area contributed by atoms with Gasteiger partial charge < -0.3 is 5.73 Å². The first-order chi connectivity index (χ1) is 8.95. The maximum Gasteiger partial charge on any atom is 0.282 e. The first-order valence-corrected chi connectivity index (χ1v) is 8.81. The fourth-order valence-electron chi connectivity index (χ4n) is 3.09. The van der Waals surface area contributed by atoms with Crippen molar-refractivity contribution in [1.82, 2.24) is 8.61 Å². The van der Waals surface area contributed by atoms with E-state index < -0.39 is 10.2 Å². The van der Waals surface area contributed by atoms with E-state index in [1.54, 1.807) is 8.61 Å². The van der Waals surface area contributed by atoms with Gasteiger partial charge in [-0.05, 0) is 51.0 Å². The van der Waals surface area contributed by atoms with Gasteiger partial charge in [0.2, 0.25) is 0 Å². The largest absolute Gasteiger partial charge is 0.330 e. The molecule has 2 atom stereocenters. The normalized spacial score (nSPS) is 32.6. The van der Waals surface area contributed by atoms with Crippen LogP contribution in [-0.2, 0) is 10.2 Å². The molecule has 2 aliphatic rings. The predicted octanol–water partition coefficient (Wildman–Crippen LogP) is 1.02. The molecule has 0 aliphatic carbocycles. The molecule has 112 valence electrons. The van der Waals surface area contributed by atoms with Crippen LogP contribution in [0.25, 0.3) is 0 Å². The molecule has 0 bridgehead atoms. The van der Waals surface area contributed by atoms with Crippen molar-refractivity contribution in [2.45, 2.75) is 45.6 Å². The number of piperidine rings is 2. The van der Waals surface area contributed by atoms with E-state index >= 15 is 0 Å². The van der Waals surface area contributed by atoms with Gasteiger partial charge in [0, 0.05) is 25.7 Å². The predicted molar refractivity (Wildman–Crippen MR) is 76.8 cm³/mol. The van der Waals surface area contributed by atoms with Gasteiger partial charge in [0.1, 0.15) is 0 Å². The van der Waals surface area contributed by atoms with Gasteiger partial charge in [0.05, 0.1) is 0 Å². The first kappa shape index (κ1) is 15.2. The summed E-state index contributed by atoms with van der Waals surface area (Å²) in [6, 6.07) is 0.133. The Bertz CT molecular complexity index is 391. The van der Waals surface area contributed by atoms with Crippen LogP contribution in [0.5, 0.6) is 0 Å². The Morgan fingerprint density at radius 2 is 1.74 bits per heavy atom. The van der Waals surface area contributed by atoms with E-state index in [1.165, 1.54) is 0 Å². The van der Waals surface area contributed by atoms with Crippen molar-refractivity contribution < 1.29 is 8.42 Å². The average molecular weight is 289 g/mol. The van der Waals surface area contributed by atoms with Crippen LogP contribution in [0.1, 0.15) is 39.5 Å². The number of hydrogen-bond acceptors (Lipinski definition) is 3. The number of nitrogens with zero attached hydrogens (tertiary/aromatic N) is 2. The van der Waals surface area contributed by atoms with Crippen molar-refractivity contribution in [3.63, 3.8) is 0 Å². The van der Waals surface area contributed by atoms with Gasteiger partial charge in [-0.25, -0.2) is 0 Å². The van der Waals surface area contributed by atoms with Crippen molar-refractivity contribution in [2.75, 3.05) is 26.2 Å². The van der Waals surface area contributed by atoms with Gasteiger partial charge in [0.15, 0.2) is 0 Å². The molecule has 2 aliphatic heterocycles. The molecule has 2 fully saturated rings. The quantitative estimate of drug-likeness (QED) is 0.843. The van der Waals surface area contributed by atoms with E-state index in [2.05, 4.69) is 6.92 Å². The topological polar surface area (TPSA) is 66.6 Å². The monoisotopic (exact) mass is 289 g/mol. The van der Waals surface area contributed by atoms with Crippen LogP contribution in [0.3, 0.4) is 0 Å². The Morgan fingerprint density at radius 3 is 2.32 bits per heavy atom. The molecule has 0 amide bonds. The van der Waals surface area contributed by atoms with Gasteiger partial charge >= 0.3 is 0 Å². The molecule has 2 heterocycles. The summed E-state index contributed by atoms with van der Waals surface area (Å²) in [7, 11) is -3.27. The molecule has 5 nitrogen and oxygen atoms in total. The molecule has 0 aromatic rings. The minimum Gasteiger partial charge on any atom is -0.330 e. The summed E-state index contributed by atoms with van der Waals surface area (Å²) >= 11 is 0. The van der Waals surface area contributed by atoms with Crippen LogP contribution in [0.2, 0.25) is 0 Å². The zero-order chi connectivity index (χ0) is 14.0. The minimum atomic E-state index is -3.27. The highest BCUT2D eigenvalue weighted by atomic mass is 32.2. The number of rotatable bonds is 3. The second kappa shape index (κ2) is 6.08. The lowest BCUT2D eigenvalue weighted by molar-refractivity contribution is 0.190. The molecular weight excluding hydrogens is 262 g/mol. The lowest BCUT2D eigenvalue weighted by atomic mass is 9.97. The fourth-order valence-corrected chi connectivity index (χ4v) is 5.07. The van der Waals surface area contributed by atoms with Crippen molar-refractivity contribution >= 4 is 10.2 Å². The third-order valence-corrected chi connectivity index (χ3v) is 6.71. The standard InChI is InChI=1S/C13H27N3O2S/c1-11-3-4-12(2)16(10-11)19(17,18)15-7-5-13(9-14)6-8-15/h11-13H,3-10,14H2,1-2H3. The lowest BCUT2D eigenvalue weighted by Crippen LogP contribution is -2.53. The van der Waals surface area contributed by atoms with Crippen molar-refractivity contribution in [2.24, 2.45) is 17.6 Å². The summed E-state index contributed by atoms with van der Waals surface area (Å²) in [6.07, 6.45) is 3.89. The SMILES string of the molecule is CC1CCC(C)N(S(=O)(=O)N2CCC(CN)CC2)C1. The van der Waals surface area contributed by atoms with Crippen LogP contribution in [-0.4, -0.2) is 49.2 Å². The van der Waals surface area contributed by atoms with Crippen LogP contribution < -0.4 is 5.73 Å². The highest BCUT2D eigenvalue weighted by Crippen LogP contribution is 2.28. The van der Waals surface area contributed by atoms with Gasteiger partial charge in [-0.15, -0.1) is 0 Å². The molecule has 0 spiro atoms. The summed E-state index contributed by atoms with van der Waals surface area (Å²) in [5, 5.41) is 0. The van der Waals surface area contributed by atoms with Gasteiger partial charge in [-0.2, -0.15) is 17.0 Å². The van der Waals surface area contributed by atoms with Crippen LogP contribution in [0.15, 0.2) is 0 Å². The van der Waals surface area contributed by atoms with Crippen molar-refractivity contribution in [3.8, 4) is 0 Å². The Balaban J connectivity index is 2.05. The summed E-state index contributed by atoms with van der Waals surface area (Å²) in [5.74, 6) is 0.955. The molecule has 6 heteroatoms. The molecule has 0 radical (unpaired) electrons. The Morgan fingerprint density at radius 1 is 1.11 bits per heavy atom. The second-order valence-corrected chi connectivity index (χ2v) is 8.07. The molecule has 19 heavy (non-hydrogen) atoms. The van der Waals surface area contributed by atoms with E-state index in [0.29, 0.717) is 38.0 Å². The molecule has 2 rings (SSSR count). The molecule has 2 N–H and O–H groups in total. The Kier molecular flexibility index (Phi) is 4.87. The highest BCUT2D eigenvalue weighted by Gasteiger charge is 2.37. The highest BCUT2D eigenvalue weighted by molar-refractivity contribution is 7.86. The van der Waals surface area contributed by atoms with E-state index in [1.807, 2.05) is 6.92 Å². The molecule has 2 saturated heterocycles. The Labute approximate surface area is 117 Å². The second-order valence-electron chi connectivity index (χ2n) is 6.19. The molecule has 2 unspecified atom stereocenters. The summed E-state index contributed by atoms with van der Waals surface area (Å²) in [6.45, 7) is 6.75. The lowest BCUT2D eigenvalue weighted by Gasteiger charge is -2.40. The average Bonchev–Trinajstić information content (AvgIpc) is 2.41. The van der Waals surface area contributed by atoms with Gasteiger partial charge in [0.25, 0.3) is 10.2 Å². The van der Waals surface area contributed by atoms with Crippen molar-refractivity contribution in [3.05, 3.63) is 0 Å². The maximum absolute atomic E-state index is 12.7. The van der Waals surface area contributed by atoms with Gasteiger partial charge in [-0.3, -0.25) is 0 Å². The van der Waals surface area contributed by atoms with E-state index in [-0.39, 0.29) is 6.04 Å². The summed E-state index contributed by atoms with van der Waals surface area (Å²) in [4.78, 5) is 0. The molecule has 0 aromatic heterocycles. The smallest absolute Gasteiger partial charge is 0.282 e. The van der Waals surface area contributed by atoms with Crippen LogP contribution >= 0.6 is 0 Å². The summed E-state index contributed by atoms with van der Waals surface area (Å²) < 4.78 is 28.8. The third kappa shape index (κ3) is 3.29. The molecular formula is C13H27N3O2S. The molecule has 0 saturated carbocycles. The zero-order valence-corrected chi connectivity index (χ0v) is 12.9.